The fourth-order valence-corrected chi connectivity index (χ4v) is 0.730. The molecule has 0 atom stereocenters. The molecule has 64 valence electrons. The topological polar surface area (TPSA) is 25.2 Å². The second-order valence-corrected chi connectivity index (χ2v) is 2.27. The summed E-state index contributed by atoms with van der Waals surface area (Å²) in [4.78, 5) is 8.16. The summed E-state index contributed by atoms with van der Waals surface area (Å²) in [5, 5.41) is 0. The Hall–Kier alpha value is -1.88. The maximum atomic E-state index is 4.11. The summed E-state index contributed by atoms with van der Waals surface area (Å²) in [7, 11) is 0. The van der Waals surface area contributed by atoms with E-state index in [9.17, 15) is 0 Å². The van der Waals surface area contributed by atoms with Crippen molar-refractivity contribution < 1.29 is 0 Å². The highest BCUT2D eigenvalue weighted by atomic mass is 14.8. The van der Waals surface area contributed by atoms with Gasteiger partial charge in [-0.25, -0.2) is 4.98 Å². The highest BCUT2D eigenvalue weighted by molar-refractivity contribution is 5.71. The van der Waals surface area contributed by atoms with Crippen LogP contribution < -0.4 is 0 Å². The molecule has 0 aliphatic rings. The molecule has 0 aliphatic carbocycles. The van der Waals surface area contributed by atoms with Gasteiger partial charge in [-0.15, -0.1) is 0 Å². The van der Waals surface area contributed by atoms with E-state index in [1.165, 1.54) is 0 Å². The molecule has 1 aromatic rings. The van der Waals surface area contributed by atoms with Gasteiger partial charge in [0.1, 0.15) is 5.69 Å². The molecule has 0 N–H and O–H groups in total. The van der Waals surface area contributed by atoms with Crippen LogP contribution in [0.4, 0.5) is 0 Å². The zero-order chi connectivity index (χ0) is 9.36. The average molecular weight is 170 g/mol. The first kappa shape index (κ1) is 9.21. The van der Waals surface area contributed by atoms with Crippen LogP contribution in [0.25, 0.3) is 0 Å². The van der Waals surface area contributed by atoms with E-state index >= 15 is 0 Å². The van der Waals surface area contributed by atoms with Crippen LogP contribution in [0.2, 0.25) is 0 Å². The van der Waals surface area contributed by atoms with E-state index in [4.69, 9.17) is 0 Å². The Morgan fingerprint density at radius 2 is 2.46 bits per heavy atom. The molecule has 0 unspecified atom stereocenters. The first-order chi connectivity index (χ1) is 6.43. The van der Waals surface area contributed by atoms with Crippen molar-refractivity contribution >= 4 is 6.21 Å². The molecule has 1 rings (SSSR count). The Bertz CT molecular complexity index is 299. The number of allylic oxidation sites excluding steroid dienone is 3. The summed E-state index contributed by atoms with van der Waals surface area (Å²) >= 11 is 0. The van der Waals surface area contributed by atoms with Crippen LogP contribution >= 0.6 is 0 Å². The summed E-state index contributed by atoms with van der Waals surface area (Å²) in [6, 6.07) is 7.40. The lowest BCUT2D eigenvalue weighted by Gasteiger charge is -1.87. The number of rotatable bonds is 4. The molecule has 0 radical (unpaired) electrons. The zero-order valence-electron chi connectivity index (χ0n) is 7.27. The van der Waals surface area contributed by atoms with Gasteiger partial charge in [0.2, 0.25) is 0 Å². The molecule has 0 saturated carbocycles. The number of nitrogens with zero attached hydrogens (tertiary/aromatic N) is 2. The van der Waals surface area contributed by atoms with Crippen molar-refractivity contribution in [2.24, 2.45) is 4.99 Å². The molecular formula is C11H10N2. The van der Waals surface area contributed by atoms with Gasteiger partial charge in [0.05, 0.1) is 6.54 Å². The number of hydrogen-bond donors (Lipinski definition) is 0. The summed E-state index contributed by atoms with van der Waals surface area (Å²) < 4.78 is 0. The molecule has 0 spiro atoms. The predicted octanol–water partition coefficient (Wildman–Crippen LogP) is 1.99. The van der Waals surface area contributed by atoms with Gasteiger partial charge >= 0.3 is 0 Å². The van der Waals surface area contributed by atoms with Crippen LogP contribution in [-0.2, 0) is 6.54 Å². The first-order valence-corrected chi connectivity index (χ1v) is 3.94. The molecule has 2 heteroatoms. The fourth-order valence-electron chi connectivity index (χ4n) is 0.730. The highest BCUT2D eigenvalue weighted by Gasteiger charge is 1.84. The van der Waals surface area contributed by atoms with Crippen LogP contribution in [0.1, 0.15) is 5.69 Å². The molecule has 2 nitrogen and oxygen atoms in total. The Morgan fingerprint density at radius 1 is 1.54 bits per heavy atom. The van der Waals surface area contributed by atoms with Crippen molar-refractivity contribution in [3.05, 3.63) is 54.9 Å². The molecule has 1 aromatic heterocycles. The van der Waals surface area contributed by atoms with Gasteiger partial charge in [-0.3, -0.25) is 4.99 Å². The lowest BCUT2D eigenvalue weighted by molar-refractivity contribution is 0.999. The number of hydrogen-bond acceptors (Lipinski definition) is 2. The van der Waals surface area contributed by atoms with Gasteiger partial charge in [0.25, 0.3) is 0 Å². The minimum Gasteiger partial charge on any atom is -0.286 e. The minimum atomic E-state index is 0.540. The normalized spacial score (nSPS) is 10.5. The van der Waals surface area contributed by atoms with E-state index in [0.29, 0.717) is 6.54 Å². The van der Waals surface area contributed by atoms with Crippen molar-refractivity contribution in [1.82, 2.24) is 4.98 Å². The first-order valence-electron chi connectivity index (χ1n) is 3.94. The molecule has 0 aliphatic heterocycles. The summed E-state index contributed by atoms with van der Waals surface area (Å²) in [6.45, 7) is 4.08. The van der Waals surface area contributed by atoms with Crippen LogP contribution in [0.5, 0.6) is 0 Å². The second kappa shape index (κ2) is 5.73. The SMILES string of the molecule is C=C/C=C\C=NCc1c#cccn1. The van der Waals surface area contributed by atoms with Crippen molar-refractivity contribution in [2.45, 2.75) is 6.54 Å². The Morgan fingerprint density at radius 3 is 3.15 bits per heavy atom. The summed E-state index contributed by atoms with van der Waals surface area (Å²) in [6.07, 6.45) is 8.73. The molecule has 0 amide bonds. The lowest BCUT2D eigenvalue weighted by Crippen LogP contribution is -1.83. The van der Waals surface area contributed by atoms with Crippen LogP contribution in [0.3, 0.4) is 0 Å². The van der Waals surface area contributed by atoms with E-state index in [0.717, 1.165) is 5.69 Å². The molecule has 13 heavy (non-hydrogen) atoms. The third-order valence-electron chi connectivity index (χ3n) is 1.28. The van der Waals surface area contributed by atoms with E-state index < -0.39 is 0 Å². The Labute approximate surface area is 78.4 Å². The van der Waals surface area contributed by atoms with E-state index in [2.05, 4.69) is 28.7 Å². The minimum absolute atomic E-state index is 0.540. The average Bonchev–Trinajstić information content (AvgIpc) is 2.19. The van der Waals surface area contributed by atoms with E-state index in [1.54, 1.807) is 24.6 Å². The quantitative estimate of drug-likeness (QED) is 0.501. The maximum Gasteiger partial charge on any atom is 0.112 e. The molecule has 0 bridgehead atoms. The third kappa shape index (κ3) is 3.88. The molecule has 0 saturated heterocycles. The van der Waals surface area contributed by atoms with E-state index in [-0.39, 0.29) is 0 Å². The fraction of sp³-hybridized carbons (Fsp3) is 0.0909. The van der Waals surface area contributed by atoms with Crippen LogP contribution in [-0.4, -0.2) is 11.2 Å². The predicted molar refractivity (Wildman–Crippen MR) is 53.4 cm³/mol. The zero-order valence-corrected chi connectivity index (χ0v) is 7.27. The van der Waals surface area contributed by atoms with Gasteiger partial charge in [-0.05, 0) is 12.1 Å². The number of aromatic nitrogens is 1. The summed E-state index contributed by atoms with van der Waals surface area (Å²) in [5.74, 6) is 0. The van der Waals surface area contributed by atoms with Crippen molar-refractivity contribution in [3.8, 4) is 0 Å². The van der Waals surface area contributed by atoms with Gasteiger partial charge in [0.15, 0.2) is 0 Å². The molecule has 0 aromatic carbocycles. The van der Waals surface area contributed by atoms with E-state index in [1.807, 2.05) is 12.2 Å². The molecule has 1 heterocycles. The van der Waals surface area contributed by atoms with Gasteiger partial charge in [-0.1, -0.05) is 24.8 Å². The maximum absolute atomic E-state index is 4.11. The lowest BCUT2D eigenvalue weighted by atomic mass is 10.4. The third-order valence-corrected chi connectivity index (χ3v) is 1.28. The smallest absolute Gasteiger partial charge is 0.112 e. The Balaban J connectivity index is 2.39. The Kier molecular flexibility index (Phi) is 4.06. The van der Waals surface area contributed by atoms with Gasteiger partial charge in [0, 0.05) is 18.5 Å². The molecular weight excluding hydrogens is 160 g/mol. The van der Waals surface area contributed by atoms with Gasteiger partial charge in [-0.2, -0.15) is 0 Å². The van der Waals surface area contributed by atoms with Crippen LogP contribution in [0, 0.1) is 12.1 Å². The monoisotopic (exact) mass is 170 g/mol. The highest BCUT2D eigenvalue weighted by Crippen LogP contribution is 1.89. The summed E-state index contributed by atoms with van der Waals surface area (Å²) in [5.41, 5.74) is 0.797. The van der Waals surface area contributed by atoms with Crippen LogP contribution in [0.15, 0.2) is 42.1 Å². The number of aliphatic imine (C=N–C) groups is 1. The second-order valence-electron chi connectivity index (χ2n) is 2.27. The largest absolute Gasteiger partial charge is 0.286 e. The molecule has 0 fully saturated rings. The standard InChI is InChI=1S/C11H10N2/c1-2-3-5-8-12-10-11-7-4-6-9-13-11/h2-3,5-6,8-9H,1,10H2/b5-3-,12-8?. The van der Waals surface area contributed by atoms with Crippen molar-refractivity contribution in [3.63, 3.8) is 0 Å². The van der Waals surface area contributed by atoms with Crippen molar-refractivity contribution in [1.29, 1.82) is 0 Å². The van der Waals surface area contributed by atoms with Crippen molar-refractivity contribution in [2.75, 3.05) is 0 Å². The van der Waals surface area contributed by atoms with Gasteiger partial charge < -0.3 is 0 Å².